The summed E-state index contributed by atoms with van der Waals surface area (Å²) in [5, 5.41) is 20.8. The summed E-state index contributed by atoms with van der Waals surface area (Å²) >= 11 is 0. The number of carbonyl (C=O) groups is 2. The van der Waals surface area contributed by atoms with Crippen molar-refractivity contribution in [1.82, 2.24) is 10.1 Å². The maximum absolute atomic E-state index is 11.8. The summed E-state index contributed by atoms with van der Waals surface area (Å²) in [6.45, 7) is 3.62. The maximum Gasteiger partial charge on any atom is 0.374 e. The molecule has 2 N–H and O–H groups in total. The van der Waals surface area contributed by atoms with E-state index in [0.29, 0.717) is 0 Å². The standard InChI is InChI=1S/C10H12N2O5/c1-2-3-12(4-5-13)9(14)7-6-8(10(15)16)17-11-7/h2,6,13H,1,3-5H2,(H,15,16). The first-order chi connectivity index (χ1) is 8.10. The van der Waals surface area contributed by atoms with Gasteiger partial charge in [0, 0.05) is 19.2 Å². The zero-order valence-corrected chi connectivity index (χ0v) is 9.00. The summed E-state index contributed by atoms with van der Waals surface area (Å²) in [5.41, 5.74) is -0.113. The SMILES string of the molecule is C=CCN(CCO)C(=O)c1cc(C(=O)O)on1. The van der Waals surface area contributed by atoms with E-state index in [1.165, 1.54) is 11.0 Å². The first kappa shape index (κ1) is 12.9. The Bertz CT molecular complexity index is 426. The summed E-state index contributed by atoms with van der Waals surface area (Å²) in [6.07, 6.45) is 1.49. The quantitative estimate of drug-likeness (QED) is 0.678. The van der Waals surface area contributed by atoms with Crippen molar-refractivity contribution in [2.24, 2.45) is 0 Å². The van der Waals surface area contributed by atoms with Gasteiger partial charge in [-0.25, -0.2) is 4.79 Å². The van der Waals surface area contributed by atoms with Gasteiger partial charge in [-0.3, -0.25) is 4.79 Å². The number of hydrogen-bond donors (Lipinski definition) is 2. The number of aliphatic hydroxyl groups is 1. The van der Waals surface area contributed by atoms with Gasteiger partial charge in [-0.15, -0.1) is 6.58 Å². The summed E-state index contributed by atoms with van der Waals surface area (Å²) in [5.74, 6) is -2.22. The average molecular weight is 240 g/mol. The fraction of sp³-hybridized carbons (Fsp3) is 0.300. The van der Waals surface area contributed by atoms with E-state index in [9.17, 15) is 9.59 Å². The lowest BCUT2D eigenvalue weighted by Gasteiger charge is -2.17. The normalized spacial score (nSPS) is 9.94. The zero-order valence-electron chi connectivity index (χ0n) is 9.00. The highest BCUT2D eigenvalue weighted by Crippen LogP contribution is 2.07. The van der Waals surface area contributed by atoms with Crippen molar-refractivity contribution < 1.29 is 24.3 Å². The van der Waals surface area contributed by atoms with Crippen LogP contribution < -0.4 is 0 Å². The molecule has 0 aliphatic rings. The van der Waals surface area contributed by atoms with Gasteiger partial charge in [-0.1, -0.05) is 11.2 Å². The second-order valence-corrected chi connectivity index (χ2v) is 3.15. The third kappa shape index (κ3) is 3.15. The minimum atomic E-state index is -1.30. The van der Waals surface area contributed by atoms with E-state index in [4.69, 9.17) is 10.2 Å². The van der Waals surface area contributed by atoms with Crippen LogP contribution in [0.5, 0.6) is 0 Å². The number of carboxylic acid groups (broad SMARTS) is 1. The minimum Gasteiger partial charge on any atom is -0.475 e. The Kier molecular flexibility index (Phi) is 4.41. The molecule has 0 radical (unpaired) electrons. The van der Waals surface area contributed by atoms with E-state index in [1.807, 2.05) is 0 Å². The number of carboxylic acids is 1. The lowest BCUT2D eigenvalue weighted by atomic mass is 10.3. The molecule has 7 heteroatoms. The lowest BCUT2D eigenvalue weighted by molar-refractivity contribution is 0.0648. The third-order valence-corrected chi connectivity index (χ3v) is 1.95. The highest BCUT2D eigenvalue weighted by atomic mass is 16.5. The van der Waals surface area contributed by atoms with Gasteiger partial charge in [0.2, 0.25) is 5.76 Å². The molecule has 1 heterocycles. The molecule has 0 unspecified atom stereocenters. The molecule has 0 bridgehead atoms. The summed E-state index contributed by atoms with van der Waals surface area (Å²) < 4.78 is 4.47. The van der Waals surface area contributed by atoms with Gasteiger partial charge in [0.15, 0.2) is 5.69 Å². The fourth-order valence-electron chi connectivity index (χ4n) is 1.19. The molecule has 0 fully saturated rings. The van der Waals surface area contributed by atoms with Crippen LogP contribution in [0.25, 0.3) is 0 Å². The first-order valence-electron chi connectivity index (χ1n) is 4.81. The second kappa shape index (κ2) is 5.80. The second-order valence-electron chi connectivity index (χ2n) is 3.15. The van der Waals surface area contributed by atoms with Gasteiger partial charge in [0.1, 0.15) is 0 Å². The Hall–Kier alpha value is -2.15. The van der Waals surface area contributed by atoms with E-state index in [1.54, 1.807) is 0 Å². The molecule has 0 aromatic carbocycles. The minimum absolute atomic E-state index is 0.111. The smallest absolute Gasteiger partial charge is 0.374 e. The molecule has 0 aliphatic heterocycles. The first-order valence-corrected chi connectivity index (χ1v) is 4.81. The largest absolute Gasteiger partial charge is 0.475 e. The van der Waals surface area contributed by atoms with Gasteiger partial charge in [0.05, 0.1) is 6.61 Å². The van der Waals surface area contributed by atoms with Crippen LogP contribution in [0.4, 0.5) is 0 Å². The molecule has 17 heavy (non-hydrogen) atoms. The summed E-state index contributed by atoms with van der Waals surface area (Å²) in [7, 11) is 0. The van der Waals surface area contributed by atoms with E-state index in [0.717, 1.165) is 6.07 Å². The Morgan fingerprint density at radius 2 is 2.29 bits per heavy atom. The summed E-state index contributed by atoms with van der Waals surface area (Å²) in [4.78, 5) is 23.6. The molecule has 0 saturated heterocycles. The molecular weight excluding hydrogens is 228 g/mol. The van der Waals surface area contributed by atoms with Crippen molar-refractivity contribution in [3.8, 4) is 0 Å². The number of hydrogen-bond acceptors (Lipinski definition) is 5. The van der Waals surface area contributed by atoms with Crippen LogP contribution in [0.15, 0.2) is 23.2 Å². The number of amides is 1. The van der Waals surface area contributed by atoms with E-state index in [-0.39, 0.29) is 25.4 Å². The van der Waals surface area contributed by atoms with Crippen molar-refractivity contribution in [3.05, 3.63) is 30.2 Å². The molecule has 1 aromatic rings. The fourth-order valence-corrected chi connectivity index (χ4v) is 1.19. The Labute approximate surface area is 96.9 Å². The number of aliphatic hydroxyl groups excluding tert-OH is 1. The zero-order chi connectivity index (χ0) is 12.8. The van der Waals surface area contributed by atoms with Crippen LogP contribution in [-0.2, 0) is 0 Å². The van der Waals surface area contributed by atoms with Gasteiger partial charge in [-0.2, -0.15) is 0 Å². The van der Waals surface area contributed by atoms with Crippen LogP contribution >= 0.6 is 0 Å². The van der Waals surface area contributed by atoms with E-state index in [2.05, 4.69) is 16.3 Å². The van der Waals surface area contributed by atoms with Gasteiger partial charge < -0.3 is 19.6 Å². The molecule has 1 aromatic heterocycles. The van der Waals surface area contributed by atoms with Crippen LogP contribution in [0.3, 0.4) is 0 Å². The Morgan fingerprint density at radius 3 is 2.76 bits per heavy atom. The van der Waals surface area contributed by atoms with Gasteiger partial charge >= 0.3 is 5.97 Å². The molecule has 1 amide bonds. The molecule has 0 atom stereocenters. The van der Waals surface area contributed by atoms with Crippen LogP contribution in [0, 0.1) is 0 Å². The maximum atomic E-state index is 11.8. The molecule has 1 rings (SSSR count). The van der Waals surface area contributed by atoms with Gasteiger partial charge in [0.25, 0.3) is 5.91 Å². The number of carbonyl (C=O) groups excluding carboxylic acids is 1. The van der Waals surface area contributed by atoms with Crippen LogP contribution in [0.2, 0.25) is 0 Å². The Morgan fingerprint density at radius 1 is 1.59 bits per heavy atom. The van der Waals surface area contributed by atoms with Crippen molar-refractivity contribution in [3.63, 3.8) is 0 Å². The highest BCUT2D eigenvalue weighted by molar-refractivity contribution is 5.94. The number of aromatic carboxylic acids is 1. The van der Waals surface area contributed by atoms with Crippen molar-refractivity contribution in [1.29, 1.82) is 0 Å². The number of aromatic nitrogens is 1. The van der Waals surface area contributed by atoms with Crippen LogP contribution in [0.1, 0.15) is 21.0 Å². The number of rotatable bonds is 6. The predicted octanol–water partition coefficient (Wildman–Crippen LogP) is -0.00670. The van der Waals surface area contributed by atoms with Crippen LogP contribution in [-0.4, -0.2) is 51.8 Å². The molecule has 0 spiro atoms. The third-order valence-electron chi connectivity index (χ3n) is 1.95. The Balaban J connectivity index is 2.84. The molecule has 0 saturated carbocycles. The molecular formula is C10H12N2O5. The molecule has 92 valence electrons. The van der Waals surface area contributed by atoms with E-state index >= 15 is 0 Å². The predicted molar refractivity (Wildman–Crippen MR) is 56.6 cm³/mol. The topological polar surface area (TPSA) is 104 Å². The monoisotopic (exact) mass is 240 g/mol. The van der Waals surface area contributed by atoms with E-state index < -0.39 is 17.6 Å². The average Bonchev–Trinajstić information content (AvgIpc) is 2.77. The molecule has 7 nitrogen and oxygen atoms in total. The number of nitrogens with zero attached hydrogens (tertiary/aromatic N) is 2. The lowest BCUT2D eigenvalue weighted by Crippen LogP contribution is -2.33. The molecule has 0 aliphatic carbocycles. The van der Waals surface area contributed by atoms with Crippen molar-refractivity contribution in [2.45, 2.75) is 0 Å². The van der Waals surface area contributed by atoms with Gasteiger partial charge in [-0.05, 0) is 0 Å². The van der Waals surface area contributed by atoms with Crippen molar-refractivity contribution >= 4 is 11.9 Å². The summed E-state index contributed by atoms with van der Waals surface area (Å²) in [6, 6.07) is 1.04. The van der Waals surface area contributed by atoms with Crippen molar-refractivity contribution in [2.75, 3.05) is 19.7 Å². The highest BCUT2D eigenvalue weighted by Gasteiger charge is 2.20.